The molecule has 2 nitrogen and oxygen atoms in total. The highest BCUT2D eigenvalue weighted by Crippen LogP contribution is 2.46. The maximum atomic E-state index is 6.12. The van der Waals surface area contributed by atoms with Crippen LogP contribution in [0, 0.1) is 0 Å². The number of methoxy groups -OCH3 is 2. The fraction of sp³-hybridized carbons (Fsp3) is 0.500. The van der Waals surface area contributed by atoms with E-state index in [1.165, 1.54) is 38.2 Å². The Morgan fingerprint density at radius 2 is 0.718 bits per heavy atom. The van der Waals surface area contributed by atoms with Gasteiger partial charge in [-0.15, -0.1) is 0 Å². The van der Waals surface area contributed by atoms with Crippen LogP contribution in [0.25, 0.3) is 0 Å². The second kappa shape index (κ2) is 10.9. The van der Waals surface area contributed by atoms with E-state index in [1.807, 2.05) is 14.2 Å². The number of rotatable bonds is 5. The van der Waals surface area contributed by atoms with Crippen molar-refractivity contribution in [2.24, 2.45) is 0 Å². The minimum Gasteiger partial charge on any atom is -0.496 e. The molecule has 0 fully saturated rings. The average molecular weight is 547 g/mol. The van der Waals surface area contributed by atoms with Crippen LogP contribution in [0.2, 0.25) is 0 Å². The molecule has 0 amide bonds. The Bertz CT molecular complexity index is 1140. The number of hydrogen-bond donors (Lipinski definition) is 0. The topological polar surface area (TPSA) is 18.5 Å². The summed E-state index contributed by atoms with van der Waals surface area (Å²) in [6.45, 7) is 27.4. The van der Waals surface area contributed by atoms with E-state index in [2.05, 4.69) is 138 Å². The van der Waals surface area contributed by atoms with Gasteiger partial charge in [-0.3, -0.25) is 0 Å². The lowest BCUT2D eigenvalue weighted by atomic mass is 9.79. The first kappa shape index (κ1) is 31.2. The number of benzene rings is 3. The standard InChI is InChI=1S/C36H51O2P/c1-33(2,3)27-20-25(21-28(31(27)37-13)34(4,5)6)39(24-18-16-15-17-19-24)26-22-29(35(7,8)9)32(38-14)30(23-26)36(10,11)12/h15-23H,1-14H3. The van der Waals surface area contributed by atoms with Crippen LogP contribution in [-0.4, -0.2) is 14.2 Å². The Morgan fingerprint density at radius 1 is 0.436 bits per heavy atom. The van der Waals surface area contributed by atoms with Gasteiger partial charge >= 0.3 is 0 Å². The van der Waals surface area contributed by atoms with Gasteiger partial charge in [0.25, 0.3) is 0 Å². The van der Waals surface area contributed by atoms with Gasteiger partial charge < -0.3 is 9.47 Å². The summed E-state index contributed by atoms with van der Waals surface area (Å²) in [7, 11) is 2.78. The number of hydrogen-bond acceptors (Lipinski definition) is 2. The monoisotopic (exact) mass is 546 g/mol. The summed E-state index contributed by atoms with van der Waals surface area (Å²) < 4.78 is 12.2. The molecule has 0 N–H and O–H groups in total. The molecule has 0 aliphatic heterocycles. The Morgan fingerprint density at radius 3 is 0.949 bits per heavy atom. The van der Waals surface area contributed by atoms with Gasteiger partial charge in [0.05, 0.1) is 14.2 Å². The fourth-order valence-corrected chi connectivity index (χ4v) is 7.58. The Kier molecular flexibility index (Phi) is 8.75. The lowest BCUT2D eigenvalue weighted by molar-refractivity contribution is 0.381. The van der Waals surface area contributed by atoms with E-state index < -0.39 is 7.92 Å². The van der Waals surface area contributed by atoms with Gasteiger partial charge in [0.1, 0.15) is 11.5 Å². The Hall–Kier alpha value is -2.31. The van der Waals surface area contributed by atoms with Gasteiger partial charge in [-0.2, -0.15) is 0 Å². The van der Waals surface area contributed by atoms with Crippen LogP contribution in [0.3, 0.4) is 0 Å². The average Bonchev–Trinajstić information content (AvgIpc) is 2.81. The van der Waals surface area contributed by atoms with Gasteiger partial charge in [0.15, 0.2) is 0 Å². The van der Waals surface area contributed by atoms with Gasteiger partial charge in [0.2, 0.25) is 0 Å². The third-order valence-electron chi connectivity index (χ3n) is 7.32. The molecule has 0 atom stereocenters. The van der Waals surface area contributed by atoms with Gasteiger partial charge in [-0.05, 0) is 69.8 Å². The Balaban J connectivity index is 2.53. The van der Waals surface area contributed by atoms with Crippen LogP contribution in [0.15, 0.2) is 54.6 Å². The third kappa shape index (κ3) is 6.71. The van der Waals surface area contributed by atoms with Crippen LogP contribution in [0.5, 0.6) is 11.5 Å². The summed E-state index contributed by atoms with van der Waals surface area (Å²) in [4.78, 5) is 0. The quantitative estimate of drug-likeness (QED) is 0.298. The summed E-state index contributed by atoms with van der Waals surface area (Å²) in [5.41, 5.74) is 4.79. The van der Waals surface area contributed by atoms with Crippen LogP contribution >= 0.6 is 7.92 Å². The van der Waals surface area contributed by atoms with Crippen LogP contribution in [-0.2, 0) is 21.7 Å². The number of ether oxygens (including phenoxy) is 2. The van der Waals surface area contributed by atoms with E-state index >= 15 is 0 Å². The molecule has 0 radical (unpaired) electrons. The molecule has 3 rings (SSSR count). The van der Waals surface area contributed by atoms with Crippen molar-refractivity contribution in [3.05, 3.63) is 76.9 Å². The van der Waals surface area contributed by atoms with Gasteiger partial charge in [-0.1, -0.05) is 113 Å². The fourth-order valence-electron chi connectivity index (χ4n) is 5.18. The van der Waals surface area contributed by atoms with Crippen LogP contribution < -0.4 is 25.4 Å². The molecular formula is C36H51O2P. The molecule has 0 bridgehead atoms. The molecule has 0 saturated heterocycles. The maximum absolute atomic E-state index is 6.12. The second-order valence-electron chi connectivity index (χ2n) is 14.8. The molecule has 0 spiro atoms. The molecular weight excluding hydrogens is 495 g/mol. The summed E-state index contributed by atoms with van der Waals surface area (Å²) in [5.74, 6) is 2.03. The molecule has 3 aromatic carbocycles. The zero-order valence-electron chi connectivity index (χ0n) is 27.0. The molecule has 0 aliphatic rings. The zero-order valence-corrected chi connectivity index (χ0v) is 27.9. The predicted octanol–water partition coefficient (Wildman–Crippen LogP) is 8.65. The van der Waals surface area contributed by atoms with Gasteiger partial charge in [0, 0.05) is 22.3 Å². The summed E-state index contributed by atoms with van der Waals surface area (Å²) in [5, 5.41) is 4.07. The lowest BCUT2D eigenvalue weighted by Crippen LogP contribution is -2.29. The molecule has 0 aromatic heterocycles. The first-order valence-corrected chi connectivity index (χ1v) is 15.5. The SMILES string of the molecule is COc1c(C(C)(C)C)cc(P(c2ccccc2)c2cc(C(C)(C)C)c(OC)c(C(C)(C)C)c2)cc1C(C)(C)C. The second-order valence-corrected chi connectivity index (χ2v) is 17.0. The smallest absolute Gasteiger partial charge is 0.126 e. The first-order valence-electron chi connectivity index (χ1n) is 14.1. The minimum atomic E-state index is -0.845. The third-order valence-corrected chi connectivity index (χ3v) is 9.68. The predicted molar refractivity (Wildman–Crippen MR) is 173 cm³/mol. The van der Waals surface area contributed by atoms with Crippen LogP contribution in [0.4, 0.5) is 0 Å². The summed E-state index contributed by atoms with van der Waals surface area (Å²) in [6, 6.07) is 20.7. The van der Waals surface area contributed by atoms with Crippen molar-refractivity contribution in [2.45, 2.75) is 105 Å². The van der Waals surface area contributed by atoms with Crippen molar-refractivity contribution in [1.82, 2.24) is 0 Å². The molecule has 0 saturated carbocycles. The van der Waals surface area contributed by atoms with Crippen molar-refractivity contribution < 1.29 is 9.47 Å². The van der Waals surface area contributed by atoms with Crippen molar-refractivity contribution in [3.63, 3.8) is 0 Å². The molecule has 3 aromatic rings. The van der Waals surface area contributed by atoms with E-state index in [-0.39, 0.29) is 21.7 Å². The maximum Gasteiger partial charge on any atom is 0.126 e. The molecule has 39 heavy (non-hydrogen) atoms. The van der Waals surface area contributed by atoms with E-state index in [1.54, 1.807) is 0 Å². The minimum absolute atomic E-state index is 0.0634. The van der Waals surface area contributed by atoms with Crippen LogP contribution in [0.1, 0.15) is 105 Å². The van der Waals surface area contributed by atoms with E-state index in [4.69, 9.17) is 9.47 Å². The van der Waals surface area contributed by atoms with Crippen molar-refractivity contribution in [1.29, 1.82) is 0 Å². The van der Waals surface area contributed by atoms with Gasteiger partial charge in [-0.25, -0.2) is 0 Å². The molecule has 212 valence electrons. The summed E-state index contributed by atoms with van der Waals surface area (Å²) in [6.07, 6.45) is 0. The zero-order chi connectivity index (χ0) is 29.6. The van der Waals surface area contributed by atoms with Crippen molar-refractivity contribution >= 4 is 23.8 Å². The molecule has 0 unspecified atom stereocenters. The highest BCUT2D eigenvalue weighted by molar-refractivity contribution is 7.79. The van der Waals surface area contributed by atoms with E-state index in [9.17, 15) is 0 Å². The Labute approximate surface area is 240 Å². The molecule has 3 heteroatoms. The first-order chi connectivity index (χ1) is 17.8. The summed E-state index contributed by atoms with van der Waals surface area (Å²) >= 11 is 0. The molecule has 0 heterocycles. The highest BCUT2D eigenvalue weighted by atomic mass is 31.1. The van der Waals surface area contributed by atoms with Crippen molar-refractivity contribution in [3.8, 4) is 11.5 Å². The van der Waals surface area contributed by atoms with E-state index in [0.29, 0.717) is 0 Å². The van der Waals surface area contributed by atoms with Crippen molar-refractivity contribution in [2.75, 3.05) is 14.2 Å². The van der Waals surface area contributed by atoms with E-state index in [0.717, 1.165) is 11.5 Å². The molecule has 0 aliphatic carbocycles. The largest absolute Gasteiger partial charge is 0.496 e. The lowest BCUT2D eigenvalue weighted by Gasteiger charge is -2.33. The highest BCUT2D eigenvalue weighted by Gasteiger charge is 2.33. The normalized spacial score (nSPS) is 13.1.